The van der Waals surface area contributed by atoms with Crippen molar-refractivity contribution in [1.82, 2.24) is 14.8 Å². The van der Waals surface area contributed by atoms with Crippen LogP contribution in [-0.4, -0.2) is 14.8 Å². The van der Waals surface area contributed by atoms with Crippen molar-refractivity contribution in [3.05, 3.63) is 47.0 Å². The van der Waals surface area contributed by atoms with Gasteiger partial charge in [-0.1, -0.05) is 24.3 Å². The molecule has 0 spiro atoms. The molecule has 0 saturated carbocycles. The van der Waals surface area contributed by atoms with E-state index in [9.17, 15) is 0 Å². The zero-order chi connectivity index (χ0) is 10.3. The number of nitrogens with zero attached hydrogens (tertiary/aromatic N) is 3. The first-order valence-electron chi connectivity index (χ1n) is 4.96. The molecule has 0 aliphatic heterocycles. The predicted octanol–water partition coefficient (Wildman–Crippen LogP) is 2.27. The maximum Gasteiger partial charge on any atom is 0.225 e. The molecule has 3 rings (SSSR count). The van der Waals surface area contributed by atoms with Crippen molar-refractivity contribution < 1.29 is 0 Å². The molecule has 1 aliphatic rings. The van der Waals surface area contributed by atoms with Crippen molar-refractivity contribution in [3.63, 3.8) is 0 Å². The third kappa shape index (κ3) is 1.43. The van der Waals surface area contributed by atoms with Crippen molar-refractivity contribution in [2.75, 3.05) is 0 Å². The van der Waals surface area contributed by atoms with Gasteiger partial charge in [0.25, 0.3) is 0 Å². The normalized spacial score (nSPS) is 15.5. The van der Waals surface area contributed by atoms with Gasteiger partial charge in [-0.25, -0.2) is 0 Å². The number of hydrogen-bond donors (Lipinski definition) is 0. The minimum atomic E-state index is 0.380. The lowest BCUT2D eigenvalue weighted by Crippen LogP contribution is -2.07. The van der Waals surface area contributed by atoms with Crippen LogP contribution in [-0.2, 0) is 12.8 Å². The topological polar surface area (TPSA) is 30.7 Å². The van der Waals surface area contributed by atoms with Gasteiger partial charge in [-0.05, 0) is 35.6 Å². The number of hydrogen-bond acceptors (Lipinski definition) is 2. The van der Waals surface area contributed by atoms with Gasteiger partial charge in [0.2, 0.25) is 5.28 Å². The fourth-order valence-electron chi connectivity index (χ4n) is 2.21. The summed E-state index contributed by atoms with van der Waals surface area (Å²) in [4.78, 5) is 0. The Morgan fingerprint density at radius 3 is 2.40 bits per heavy atom. The highest BCUT2D eigenvalue weighted by Crippen LogP contribution is 2.31. The number of halogens is 1. The van der Waals surface area contributed by atoms with Crippen molar-refractivity contribution in [3.8, 4) is 0 Å². The van der Waals surface area contributed by atoms with E-state index in [-0.39, 0.29) is 0 Å². The highest BCUT2D eigenvalue weighted by molar-refractivity contribution is 6.28. The third-order valence-corrected chi connectivity index (χ3v) is 3.22. The SMILES string of the molecule is Clc1nncn1C1Cc2ccccc2C1. The van der Waals surface area contributed by atoms with Gasteiger partial charge >= 0.3 is 0 Å². The molecule has 1 heterocycles. The van der Waals surface area contributed by atoms with Gasteiger partial charge < -0.3 is 4.57 Å². The molecule has 0 saturated heterocycles. The zero-order valence-corrected chi connectivity index (χ0v) is 8.85. The lowest BCUT2D eigenvalue weighted by molar-refractivity contribution is 0.528. The van der Waals surface area contributed by atoms with Crippen LogP contribution < -0.4 is 0 Å². The fourth-order valence-corrected chi connectivity index (χ4v) is 2.43. The van der Waals surface area contributed by atoms with Crippen LogP contribution in [0, 0.1) is 0 Å². The summed E-state index contributed by atoms with van der Waals surface area (Å²) in [5.41, 5.74) is 2.82. The van der Waals surface area contributed by atoms with E-state index in [1.54, 1.807) is 6.33 Å². The molecule has 3 nitrogen and oxygen atoms in total. The molecule has 76 valence electrons. The van der Waals surface area contributed by atoms with Crippen molar-refractivity contribution in [2.24, 2.45) is 0 Å². The second-order valence-corrected chi connectivity index (χ2v) is 4.18. The van der Waals surface area contributed by atoms with E-state index in [0.717, 1.165) is 12.8 Å². The highest BCUT2D eigenvalue weighted by Gasteiger charge is 2.23. The van der Waals surface area contributed by atoms with Crippen LogP contribution in [0.4, 0.5) is 0 Å². The number of aromatic nitrogens is 3. The van der Waals surface area contributed by atoms with Crippen molar-refractivity contribution in [1.29, 1.82) is 0 Å². The van der Waals surface area contributed by atoms with Crippen LogP contribution in [0.2, 0.25) is 5.28 Å². The summed E-state index contributed by atoms with van der Waals surface area (Å²) in [5, 5.41) is 8.09. The van der Waals surface area contributed by atoms with E-state index in [0.29, 0.717) is 11.3 Å². The van der Waals surface area contributed by atoms with Gasteiger partial charge in [-0.15, -0.1) is 10.2 Å². The van der Waals surface area contributed by atoms with Crippen LogP contribution in [0.5, 0.6) is 0 Å². The third-order valence-electron chi connectivity index (χ3n) is 2.95. The van der Waals surface area contributed by atoms with E-state index in [1.807, 2.05) is 4.57 Å². The Balaban J connectivity index is 1.94. The molecule has 2 aromatic rings. The van der Waals surface area contributed by atoms with Crippen molar-refractivity contribution in [2.45, 2.75) is 18.9 Å². The first-order valence-corrected chi connectivity index (χ1v) is 5.34. The minimum absolute atomic E-state index is 0.380. The Labute approximate surface area is 92.7 Å². The fraction of sp³-hybridized carbons (Fsp3) is 0.273. The first kappa shape index (κ1) is 8.92. The van der Waals surface area contributed by atoms with Crippen LogP contribution in [0.25, 0.3) is 0 Å². The summed E-state index contributed by atoms with van der Waals surface area (Å²) in [6, 6.07) is 8.88. The number of fused-ring (bicyclic) bond motifs is 1. The molecule has 1 aromatic heterocycles. The van der Waals surface area contributed by atoms with E-state index < -0.39 is 0 Å². The second-order valence-electron chi connectivity index (χ2n) is 3.84. The van der Waals surface area contributed by atoms with Gasteiger partial charge in [-0.3, -0.25) is 0 Å². The van der Waals surface area contributed by atoms with Crippen LogP contribution >= 0.6 is 11.6 Å². The smallest absolute Gasteiger partial charge is 0.225 e. The average molecular weight is 220 g/mol. The minimum Gasteiger partial charge on any atom is -0.301 e. The molecule has 0 bridgehead atoms. The molecule has 1 aliphatic carbocycles. The molecule has 0 N–H and O–H groups in total. The molecule has 0 amide bonds. The quantitative estimate of drug-likeness (QED) is 0.737. The lowest BCUT2D eigenvalue weighted by Gasteiger charge is -2.10. The van der Waals surface area contributed by atoms with Crippen LogP contribution in [0.1, 0.15) is 17.2 Å². The molecule has 0 unspecified atom stereocenters. The Hall–Kier alpha value is -1.35. The molecule has 1 aromatic carbocycles. The summed E-state index contributed by atoms with van der Waals surface area (Å²) in [6.07, 6.45) is 3.75. The Kier molecular flexibility index (Phi) is 1.99. The summed E-state index contributed by atoms with van der Waals surface area (Å²) < 4.78 is 1.95. The summed E-state index contributed by atoms with van der Waals surface area (Å²) in [6.45, 7) is 0. The Bertz CT molecular complexity index is 467. The first-order chi connectivity index (χ1) is 7.34. The summed E-state index contributed by atoms with van der Waals surface area (Å²) in [5.74, 6) is 0. The van der Waals surface area contributed by atoms with Crippen molar-refractivity contribution >= 4 is 11.6 Å². The van der Waals surface area contributed by atoms with E-state index in [2.05, 4.69) is 34.5 Å². The monoisotopic (exact) mass is 219 g/mol. The molecule has 0 radical (unpaired) electrons. The van der Waals surface area contributed by atoms with E-state index in [4.69, 9.17) is 11.6 Å². The standard InChI is InChI=1S/C11H10ClN3/c12-11-14-13-7-15(11)10-5-8-3-1-2-4-9(8)6-10/h1-4,7,10H,5-6H2. The molecule has 0 atom stereocenters. The average Bonchev–Trinajstić information content (AvgIpc) is 2.82. The largest absolute Gasteiger partial charge is 0.301 e. The van der Waals surface area contributed by atoms with Crippen LogP contribution in [0.3, 0.4) is 0 Å². The summed E-state index contributed by atoms with van der Waals surface area (Å²) >= 11 is 5.95. The molecule has 0 fully saturated rings. The predicted molar refractivity (Wildman–Crippen MR) is 57.9 cm³/mol. The van der Waals surface area contributed by atoms with Gasteiger partial charge in [0.1, 0.15) is 6.33 Å². The molecular weight excluding hydrogens is 210 g/mol. The number of rotatable bonds is 1. The summed E-state index contributed by atoms with van der Waals surface area (Å²) in [7, 11) is 0. The maximum atomic E-state index is 5.95. The molecular formula is C11H10ClN3. The molecule has 4 heteroatoms. The van der Waals surface area contributed by atoms with E-state index in [1.165, 1.54) is 11.1 Å². The van der Waals surface area contributed by atoms with Gasteiger partial charge in [0.15, 0.2) is 0 Å². The molecule has 15 heavy (non-hydrogen) atoms. The van der Waals surface area contributed by atoms with Gasteiger partial charge in [0.05, 0.1) is 0 Å². The maximum absolute atomic E-state index is 5.95. The Morgan fingerprint density at radius 1 is 1.20 bits per heavy atom. The van der Waals surface area contributed by atoms with Crippen LogP contribution in [0.15, 0.2) is 30.6 Å². The van der Waals surface area contributed by atoms with Gasteiger partial charge in [-0.2, -0.15) is 0 Å². The zero-order valence-electron chi connectivity index (χ0n) is 8.10. The number of benzene rings is 1. The lowest BCUT2D eigenvalue weighted by atomic mass is 10.1. The van der Waals surface area contributed by atoms with E-state index >= 15 is 0 Å². The second kappa shape index (κ2) is 3.35. The highest BCUT2D eigenvalue weighted by atomic mass is 35.5. The van der Waals surface area contributed by atoms with Gasteiger partial charge in [0, 0.05) is 6.04 Å². The Morgan fingerprint density at radius 2 is 1.87 bits per heavy atom.